The summed E-state index contributed by atoms with van der Waals surface area (Å²) in [6, 6.07) is 3.34. The van der Waals surface area contributed by atoms with Gasteiger partial charge in [0.2, 0.25) is 5.91 Å². The molecule has 0 saturated carbocycles. The number of likely N-dealkylation sites (tertiary alicyclic amines) is 1. The van der Waals surface area contributed by atoms with Crippen molar-refractivity contribution in [2.24, 2.45) is 5.92 Å². The topological polar surface area (TPSA) is 82.5 Å². The van der Waals surface area contributed by atoms with Gasteiger partial charge >= 0.3 is 0 Å². The molecule has 0 unspecified atom stereocenters. The minimum absolute atomic E-state index is 0.0547. The molecule has 0 bridgehead atoms. The van der Waals surface area contributed by atoms with Crippen molar-refractivity contribution in [2.75, 3.05) is 19.7 Å². The number of hydrogen-bond donors (Lipinski definition) is 2. The molecule has 2 heterocycles. The first-order valence-corrected chi connectivity index (χ1v) is 6.61. The minimum atomic E-state index is -0.195. The highest BCUT2D eigenvalue weighted by Gasteiger charge is 2.35. The van der Waals surface area contributed by atoms with Crippen LogP contribution < -0.4 is 5.32 Å². The maximum absolute atomic E-state index is 12.3. The molecule has 2 rings (SSSR count). The first kappa shape index (κ1) is 14.5. The molecule has 0 radical (unpaired) electrons. The summed E-state index contributed by atoms with van der Waals surface area (Å²) >= 11 is 0. The van der Waals surface area contributed by atoms with Crippen molar-refractivity contribution in [2.45, 2.75) is 19.9 Å². The Bertz CT molecular complexity index is 501. The summed E-state index contributed by atoms with van der Waals surface area (Å²) in [5, 5.41) is 12.1. The van der Waals surface area contributed by atoms with E-state index in [9.17, 15) is 14.7 Å². The van der Waals surface area contributed by atoms with Crippen LogP contribution in [0.25, 0.3) is 0 Å². The number of carbonyl (C=O) groups excluding carboxylic acids is 2. The third-order valence-electron chi connectivity index (χ3n) is 3.51. The fraction of sp³-hybridized carbons (Fsp3) is 0.500. The highest BCUT2D eigenvalue weighted by Crippen LogP contribution is 2.19. The van der Waals surface area contributed by atoms with Crippen LogP contribution in [-0.4, -0.2) is 52.5 Å². The highest BCUT2D eigenvalue weighted by molar-refractivity contribution is 5.94. The molecule has 1 saturated heterocycles. The smallest absolute Gasteiger partial charge is 0.255 e. The second kappa shape index (κ2) is 6.00. The summed E-state index contributed by atoms with van der Waals surface area (Å²) in [4.78, 5) is 29.2. The standard InChI is InChI=1S/C14H19N3O3/c1-9-3-4-11(5-15-9)14(20)17-6-12(8-18)13(7-17)16-10(2)19/h3-5,12-13,18H,6-8H2,1-2H3,(H,16,19)/t12-,13+/m0/s1. The number of aliphatic hydroxyl groups is 1. The van der Waals surface area contributed by atoms with Gasteiger partial charge in [0.1, 0.15) is 0 Å². The van der Waals surface area contributed by atoms with Gasteiger partial charge in [0.05, 0.1) is 11.6 Å². The molecular formula is C14H19N3O3. The van der Waals surface area contributed by atoms with Crippen LogP contribution in [0.3, 0.4) is 0 Å². The van der Waals surface area contributed by atoms with E-state index in [1.165, 1.54) is 6.92 Å². The van der Waals surface area contributed by atoms with Crippen molar-refractivity contribution in [1.29, 1.82) is 0 Å². The monoisotopic (exact) mass is 277 g/mol. The van der Waals surface area contributed by atoms with Crippen LogP contribution in [0, 0.1) is 12.8 Å². The van der Waals surface area contributed by atoms with Gasteiger partial charge in [-0.2, -0.15) is 0 Å². The molecule has 20 heavy (non-hydrogen) atoms. The molecule has 1 aliphatic heterocycles. The van der Waals surface area contributed by atoms with Crippen LogP contribution in [0.2, 0.25) is 0 Å². The molecule has 0 spiro atoms. The minimum Gasteiger partial charge on any atom is -0.396 e. The maximum atomic E-state index is 12.3. The van der Waals surface area contributed by atoms with E-state index in [1.807, 2.05) is 6.92 Å². The van der Waals surface area contributed by atoms with Gasteiger partial charge < -0.3 is 15.3 Å². The Balaban J connectivity index is 2.08. The number of nitrogens with one attached hydrogen (secondary N) is 1. The number of pyridine rings is 1. The summed E-state index contributed by atoms with van der Waals surface area (Å²) in [6.07, 6.45) is 1.55. The van der Waals surface area contributed by atoms with Crippen molar-refractivity contribution < 1.29 is 14.7 Å². The lowest BCUT2D eigenvalue weighted by atomic mass is 10.1. The van der Waals surface area contributed by atoms with E-state index in [4.69, 9.17) is 0 Å². The second-order valence-corrected chi connectivity index (χ2v) is 5.15. The Morgan fingerprint density at radius 3 is 2.75 bits per heavy atom. The average Bonchev–Trinajstić information content (AvgIpc) is 2.81. The molecular weight excluding hydrogens is 258 g/mol. The molecule has 6 heteroatoms. The first-order valence-electron chi connectivity index (χ1n) is 6.61. The average molecular weight is 277 g/mol. The fourth-order valence-corrected chi connectivity index (χ4v) is 2.42. The van der Waals surface area contributed by atoms with Crippen LogP contribution >= 0.6 is 0 Å². The Morgan fingerprint density at radius 2 is 2.20 bits per heavy atom. The third kappa shape index (κ3) is 3.14. The van der Waals surface area contributed by atoms with E-state index in [2.05, 4.69) is 10.3 Å². The molecule has 1 aromatic rings. The predicted octanol–water partition coefficient (Wildman–Crippen LogP) is -0.0410. The number of rotatable bonds is 3. The molecule has 2 atom stereocenters. The fourth-order valence-electron chi connectivity index (χ4n) is 2.42. The first-order chi connectivity index (χ1) is 9.51. The van der Waals surface area contributed by atoms with Gasteiger partial charge in [-0.3, -0.25) is 14.6 Å². The number of nitrogens with zero attached hydrogens (tertiary/aromatic N) is 2. The van der Waals surface area contributed by atoms with Crippen LogP contribution in [0.1, 0.15) is 23.0 Å². The van der Waals surface area contributed by atoms with Crippen LogP contribution in [0.5, 0.6) is 0 Å². The summed E-state index contributed by atoms with van der Waals surface area (Å²) in [5.74, 6) is -0.398. The van der Waals surface area contributed by atoms with Crippen molar-refractivity contribution in [1.82, 2.24) is 15.2 Å². The number of aromatic nitrogens is 1. The molecule has 1 aliphatic rings. The largest absolute Gasteiger partial charge is 0.396 e. The number of aliphatic hydroxyl groups excluding tert-OH is 1. The van der Waals surface area contributed by atoms with Crippen LogP contribution in [0.15, 0.2) is 18.3 Å². The Labute approximate surface area is 117 Å². The lowest BCUT2D eigenvalue weighted by Crippen LogP contribution is -2.40. The van der Waals surface area contributed by atoms with E-state index in [0.29, 0.717) is 18.7 Å². The summed E-state index contributed by atoms with van der Waals surface area (Å²) < 4.78 is 0. The zero-order valence-electron chi connectivity index (χ0n) is 11.7. The normalized spacial score (nSPS) is 21.9. The van der Waals surface area contributed by atoms with Crippen molar-refractivity contribution >= 4 is 11.8 Å². The van der Waals surface area contributed by atoms with Gasteiger partial charge in [-0.25, -0.2) is 0 Å². The van der Waals surface area contributed by atoms with E-state index >= 15 is 0 Å². The lowest BCUT2D eigenvalue weighted by molar-refractivity contribution is -0.119. The molecule has 0 aromatic carbocycles. The SMILES string of the molecule is CC(=O)N[C@@H]1CN(C(=O)c2ccc(C)nc2)C[C@H]1CO. The van der Waals surface area contributed by atoms with Crippen molar-refractivity contribution in [3.63, 3.8) is 0 Å². The van der Waals surface area contributed by atoms with Gasteiger partial charge in [-0.05, 0) is 19.1 Å². The van der Waals surface area contributed by atoms with Gasteiger partial charge in [0.25, 0.3) is 5.91 Å². The van der Waals surface area contributed by atoms with Gasteiger partial charge in [-0.1, -0.05) is 0 Å². The summed E-state index contributed by atoms with van der Waals surface area (Å²) in [6.45, 7) is 4.09. The number of aryl methyl sites for hydroxylation is 1. The van der Waals surface area contributed by atoms with E-state index in [0.717, 1.165) is 5.69 Å². The molecule has 2 N–H and O–H groups in total. The van der Waals surface area contributed by atoms with E-state index in [-0.39, 0.29) is 30.4 Å². The molecule has 1 fully saturated rings. The maximum Gasteiger partial charge on any atom is 0.255 e. The third-order valence-corrected chi connectivity index (χ3v) is 3.51. The molecule has 2 amide bonds. The highest BCUT2D eigenvalue weighted by atomic mass is 16.3. The van der Waals surface area contributed by atoms with Gasteiger partial charge in [0.15, 0.2) is 0 Å². The second-order valence-electron chi connectivity index (χ2n) is 5.15. The zero-order chi connectivity index (χ0) is 14.7. The van der Waals surface area contributed by atoms with Crippen LogP contribution in [0.4, 0.5) is 0 Å². The number of carbonyl (C=O) groups is 2. The van der Waals surface area contributed by atoms with Crippen LogP contribution in [-0.2, 0) is 4.79 Å². The number of hydrogen-bond acceptors (Lipinski definition) is 4. The Hall–Kier alpha value is -1.95. The van der Waals surface area contributed by atoms with Crippen molar-refractivity contribution in [3.05, 3.63) is 29.6 Å². The Morgan fingerprint density at radius 1 is 1.45 bits per heavy atom. The predicted molar refractivity (Wildman–Crippen MR) is 73.1 cm³/mol. The van der Waals surface area contributed by atoms with E-state index in [1.54, 1.807) is 23.2 Å². The molecule has 0 aliphatic carbocycles. The van der Waals surface area contributed by atoms with Crippen molar-refractivity contribution in [3.8, 4) is 0 Å². The van der Waals surface area contributed by atoms with Gasteiger partial charge in [-0.15, -0.1) is 0 Å². The molecule has 108 valence electrons. The van der Waals surface area contributed by atoms with Gasteiger partial charge in [0, 0.05) is 44.4 Å². The molecule has 6 nitrogen and oxygen atoms in total. The van der Waals surface area contributed by atoms with E-state index < -0.39 is 0 Å². The molecule has 1 aromatic heterocycles. The zero-order valence-corrected chi connectivity index (χ0v) is 11.7. The lowest BCUT2D eigenvalue weighted by Gasteiger charge is -2.16. The summed E-state index contributed by atoms with van der Waals surface area (Å²) in [7, 11) is 0. The summed E-state index contributed by atoms with van der Waals surface area (Å²) in [5.41, 5.74) is 1.38. The Kier molecular flexibility index (Phi) is 4.34. The quantitative estimate of drug-likeness (QED) is 0.812. The number of amides is 2.